The van der Waals surface area contributed by atoms with Gasteiger partial charge in [-0.25, -0.2) is 8.78 Å². The Balaban J connectivity index is 1.33. The van der Waals surface area contributed by atoms with Crippen LogP contribution in [0.15, 0.2) is 42.6 Å². The van der Waals surface area contributed by atoms with Crippen LogP contribution >= 0.6 is 0 Å². The van der Waals surface area contributed by atoms with Crippen molar-refractivity contribution in [3.8, 4) is 0 Å². The highest BCUT2D eigenvalue weighted by Crippen LogP contribution is 2.33. The van der Waals surface area contributed by atoms with Gasteiger partial charge in [-0.1, -0.05) is 12.5 Å². The average Bonchev–Trinajstić information content (AvgIpc) is 3.08. The Bertz CT molecular complexity index is 992. The summed E-state index contributed by atoms with van der Waals surface area (Å²) in [5.41, 5.74) is 1.77. The molecule has 2 aromatic rings. The van der Waals surface area contributed by atoms with Gasteiger partial charge in [0.25, 0.3) is 5.91 Å². The highest BCUT2D eigenvalue weighted by Gasteiger charge is 2.27. The van der Waals surface area contributed by atoms with E-state index in [1.165, 1.54) is 37.6 Å². The summed E-state index contributed by atoms with van der Waals surface area (Å²) in [7, 11) is 0. The van der Waals surface area contributed by atoms with Crippen LogP contribution < -0.4 is 16.0 Å². The first-order valence-electron chi connectivity index (χ1n) is 10.9. The predicted octanol–water partition coefficient (Wildman–Crippen LogP) is 5.05. The van der Waals surface area contributed by atoms with Gasteiger partial charge >= 0.3 is 0 Å². The Morgan fingerprint density at radius 3 is 2.87 bits per heavy atom. The molecule has 7 heteroatoms. The standard InChI is InChI=1S/C24H28F2N4O/c1-16-6-2-3-12-30(16)13-5-11-27-21-10-9-17(14-20(21)26)28-15-18-23-19(25)7-4-8-22(23)29-24(18)31/h4,7-10,14-16,27-28H,2-3,5-6,11-13H2,1H3,(H,29,31). The Kier molecular flexibility index (Phi) is 6.51. The summed E-state index contributed by atoms with van der Waals surface area (Å²) in [6, 6.07) is 9.88. The van der Waals surface area contributed by atoms with Gasteiger partial charge in [0.1, 0.15) is 11.6 Å². The molecule has 4 rings (SSSR count). The number of carbonyl (C=O) groups is 1. The minimum atomic E-state index is -0.478. The van der Waals surface area contributed by atoms with Crippen molar-refractivity contribution in [1.82, 2.24) is 4.90 Å². The lowest BCUT2D eigenvalue weighted by molar-refractivity contribution is -0.110. The highest BCUT2D eigenvalue weighted by atomic mass is 19.1. The number of nitrogens with one attached hydrogen (secondary N) is 3. The maximum atomic E-state index is 14.5. The molecule has 0 aromatic heterocycles. The van der Waals surface area contributed by atoms with E-state index in [2.05, 4.69) is 27.8 Å². The quantitative estimate of drug-likeness (QED) is 0.429. The summed E-state index contributed by atoms with van der Waals surface area (Å²) in [4.78, 5) is 14.6. The number of piperidine rings is 1. The molecule has 31 heavy (non-hydrogen) atoms. The van der Waals surface area contributed by atoms with E-state index in [9.17, 15) is 13.6 Å². The summed E-state index contributed by atoms with van der Waals surface area (Å²) in [5, 5.41) is 8.69. The number of halogens is 2. The molecule has 1 fully saturated rings. The van der Waals surface area contributed by atoms with Crippen molar-refractivity contribution in [1.29, 1.82) is 0 Å². The molecule has 0 saturated carbocycles. The monoisotopic (exact) mass is 426 g/mol. The van der Waals surface area contributed by atoms with Gasteiger partial charge in [0.2, 0.25) is 0 Å². The van der Waals surface area contributed by atoms with Crippen LogP contribution in [0.4, 0.5) is 25.8 Å². The summed E-state index contributed by atoms with van der Waals surface area (Å²) < 4.78 is 28.6. The fraction of sp³-hybridized carbons (Fsp3) is 0.375. The molecule has 2 aliphatic heterocycles. The zero-order valence-electron chi connectivity index (χ0n) is 17.7. The van der Waals surface area contributed by atoms with Crippen molar-refractivity contribution in [2.24, 2.45) is 0 Å². The van der Waals surface area contributed by atoms with Gasteiger partial charge in [-0.3, -0.25) is 4.79 Å². The first kappa shape index (κ1) is 21.3. The van der Waals surface area contributed by atoms with Gasteiger partial charge in [-0.15, -0.1) is 0 Å². The fourth-order valence-corrected chi connectivity index (χ4v) is 4.24. The number of nitrogens with zero attached hydrogens (tertiary/aromatic N) is 1. The molecule has 2 heterocycles. The smallest absolute Gasteiger partial charge is 0.257 e. The van der Waals surface area contributed by atoms with Crippen LogP contribution in [0.3, 0.4) is 0 Å². The summed E-state index contributed by atoms with van der Waals surface area (Å²) in [6.45, 7) is 5.14. The van der Waals surface area contributed by atoms with Gasteiger partial charge in [0.15, 0.2) is 0 Å². The van der Waals surface area contributed by atoms with E-state index in [4.69, 9.17) is 0 Å². The molecule has 0 bridgehead atoms. The summed E-state index contributed by atoms with van der Waals surface area (Å²) >= 11 is 0. The second kappa shape index (κ2) is 9.47. The zero-order valence-corrected chi connectivity index (χ0v) is 17.7. The van der Waals surface area contributed by atoms with E-state index in [1.807, 2.05) is 0 Å². The lowest BCUT2D eigenvalue weighted by Crippen LogP contribution is -2.38. The van der Waals surface area contributed by atoms with E-state index in [0.29, 0.717) is 29.6 Å². The van der Waals surface area contributed by atoms with E-state index in [0.717, 1.165) is 19.5 Å². The topological polar surface area (TPSA) is 56.4 Å². The average molecular weight is 427 g/mol. The number of hydrogen-bond acceptors (Lipinski definition) is 4. The molecule has 1 amide bonds. The van der Waals surface area contributed by atoms with Gasteiger partial charge < -0.3 is 20.9 Å². The van der Waals surface area contributed by atoms with Crippen LogP contribution in [0.1, 0.15) is 38.2 Å². The minimum absolute atomic E-state index is 0.183. The number of fused-ring (bicyclic) bond motifs is 1. The van der Waals surface area contributed by atoms with Crippen molar-refractivity contribution < 1.29 is 13.6 Å². The second-order valence-corrected chi connectivity index (χ2v) is 8.17. The van der Waals surface area contributed by atoms with Gasteiger partial charge in [-0.2, -0.15) is 0 Å². The molecule has 0 radical (unpaired) electrons. The van der Waals surface area contributed by atoms with Crippen molar-refractivity contribution in [3.63, 3.8) is 0 Å². The molecule has 1 unspecified atom stereocenters. The van der Waals surface area contributed by atoms with Crippen LogP contribution in [0.2, 0.25) is 0 Å². The third-order valence-corrected chi connectivity index (χ3v) is 6.01. The first-order valence-corrected chi connectivity index (χ1v) is 10.9. The molecule has 1 saturated heterocycles. The van der Waals surface area contributed by atoms with Crippen molar-refractivity contribution in [2.75, 3.05) is 35.6 Å². The molecular weight excluding hydrogens is 398 g/mol. The Morgan fingerprint density at radius 1 is 1.19 bits per heavy atom. The fourth-order valence-electron chi connectivity index (χ4n) is 4.24. The number of hydrogen-bond donors (Lipinski definition) is 3. The first-order chi connectivity index (χ1) is 15.0. The molecule has 5 nitrogen and oxygen atoms in total. The zero-order chi connectivity index (χ0) is 21.8. The van der Waals surface area contributed by atoms with Crippen LogP contribution in [0.25, 0.3) is 5.57 Å². The van der Waals surface area contributed by atoms with Gasteiger partial charge in [0.05, 0.1) is 16.9 Å². The predicted molar refractivity (Wildman–Crippen MR) is 121 cm³/mol. The summed E-state index contributed by atoms with van der Waals surface area (Å²) in [6.07, 6.45) is 6.19. The van der Waals surface area contributed by atoms with E-state index in [1.54, 1.807) is 24.3 Å². The van der Waals surface area contributed by atoms with Gasteiger partial charge in [-0.05, 0) is 63.1 Å². The minimum Gasteiger partial charge on any atom is -0.383 e. The lowest BCUT2D eigenvalue weighted by Gasteiger charge is -2.33. The SMILES string of the molecule is CC1CCCCN1CCCNc1ccc(NC=C2C(=O)Nc3cccc(F)c32)cc1F. The van der Waals surface area contributed by atoms with Crippen LogP contribution in [0, 0.1) is 11.6 Å². The molecule has 3 N–H and O–H groups in total. The van der Waals surface area contributed by atoms with E-state index >= 15 is 0 Å². The third kappa shape index (κ3) is 4.88. The number of anilines is 3. The second-order valence-electron chi connectivity index (χ2n) is 8.17. The van der Waals surface area contributed by atoms with Crippen molar-refractivity contribution >= 4 is 28.5 Å². The van der Waals surface area contributed by atoms with E-state index in [-0.39, 0.29) is 17.0 Å². The maximum Gasteiger partial charge on any atom is 0.257 e. The largest absolute Gasteiger partial charge is 0.383 e. The Labute approximate surface area is 181 Å². The number of amides is 1. The number of likely N-dealkylation sites (tertiary alicyclic amines) is 1. The van der Waals surface area contributed by atoms with Crippen molar-refractivity contribution in [2.45, 2.75) is 38.6 Å². The third-order valence-electron chi connectivity index (χ3n) is 6.01. The van der Waals surface area contributed by atoms with Gasteiger partial charge in [0, 0.05) is 36.6 Å². The van der Waals surface area contributed by atoms with E-state index < -0.39 is 11.7 Å². The molecular formula is C24H28F2N4O. The molecule has 164 valence electrons. The number of rotatable bonds is 7. The lowest BCUT2D eigenvalue weighted by atomic mass is 10.0. The summed E-state index contributed by atoms with van der Waals surface area (Å²) in [5.74, 6) is -1.25. The Morgan fingerprint density at radius 2 is 2.06 bits per heavy atom. The number of carbonyl (C=O) groups excluding carboxylic acids is 1. The Hall–Kier alpha value is -2.93. The van der Waals surface area contributed by atoms with Crippen molar-refractivity contribution in [3.05, 3.63) is 59.8 Å². The number of benzene rings is 2. The molecule has 0 spiro atoms. The normalized spacial score (nSPS) is 19.9. The highest BCUT2D eigenvalue weighted by molar-refractivity contribution is 6.31. The molecule has 1 atom stereocenters. The van der Waals surface area contributed by atoms with Crippen LogP contribution in [-0.2, 0) is 4.79 Å². The van der Waals surface area contributed by atoms with Crippen LogP contribution in [0.5, 0.6) is 0 Å². The molecule has 2 aromatic carbocycles. The van der Waals surface area contributed by atoms with Crippen LogP contribution in [-0.4, -0.2) is 36.5 Å². The maximum absolute atomic E-state index is 14.5. The molecule has 2 aliphatic rings. The molecule has 0 aliphatic carbocycles.